The zero-order chi connectivity index (χ0) is 12.3. The molecule has 0 bridgehead atoms. The molecule has 1 unspecified atom stereocenters. The van der Waals surface area contributed by atoms with E-state index in [-0.39, 0.29) is 0 Å². The van der Waals surface area contributed by atoms with Crippen molar-refractivity contribution in [3.8, 4) is 0 Å². The molecule has 0 spiro atoms. The molecule has 1 nitrogen and oxygen atoms in total. The predicted octanol–water partition coefficient (Wildman–Crippen LogP) is 4.61. The second kappa shape index (κ2) is 5.85. The third kappa shape index (κ3) is 3.12. The van der Waals surface area contributed by atoms with Gasteiger partial charge in [-0.2, -0.15) is 0 Å². The third-order valence-corrected chi connectivity index (χ3v) is 5.98. The van der Waals surface area contributed by atoms with Crippen LogP contribution in [0.15, 0.2) is 15.9 Å². The van der Waals surface area contributed by atoms with E-state index in [2.05, 4.69) is 46.5 Å². The lowest BCUT2D eigenvalue weighted by molar-refractivity contribution is 0.227. The van der Waals surface area contributed by atoms with E-state index in [1.807, 2.05) is 11.3 Å². The summed E-state index contributed by atoms with van der Waals surface area (Å²) in [4.78, 5) is 1.49. The van der Waals surface area contributed by atoms with Gasteiger partial charge in [0.2, 0.25) is 0 Å². The zero-order valence-corrected chi connectivity index (χ0v) is 13.2. The van der Waals surface area contributed by atoms with Crippen LogP contribution in [0.5, 0.6) is 0 Å². The molecule has 17 heavy (non-hydrogen) atoms. The maximum Gasteiger partial charge on any atom is 0.0315 e. The first kappa shape index (κ1) is 13.6. The molecular weight excluding hydrogens is 294 g/mol. The maximum absolute atomic E-state index is 3.85. The SMILES string of the molecule is CC(C)C1(Cc2sccc2Br)CCCCCN1. The van der Waals surface area contributed by atoms with Crippen LogP contribution in [0.4, 0.5) is 0 Å². The molecule has 0 radical (unpaired) electrons. The second-order valence-corrected chi connectivity index (χ2v) is 7.27. The highest BCUT2D eigenvalue weighted by atomic mass is 79.9. The van der Waals surface area contributed by atoms with Gasteiger partial charge >= 0.3 is 0 Å². The summed E-state index contributed by atoms with van der Waals surface area (Å²) in [6, 6.07) is 2.17. The molecule has 1 aliphatic rings. The smallest absolute Gasteiger partial charge is 0.0315 e. The monoisotopic (exact) mass is 315 g/mol. The molecular formula is C14H22BrNS. The highest BCUT2D eigenvalue weighted by molar-refractivity contribution is 9.10. The summed E-state index contributed by atoms with van der Waals surface area (Å²) < 4.78 is 1.29. The lowest BCUT2D eigenvalue weighted by Crippen LogP contribution is -2.50. The molecule has 1 aromatic heterocycles. The van der Waals surface area contributed by atoms with Crippen LogP contribution in [0.2, 0.25) is 0 Å². The summed E-state index contributed by atoms with van der Waals surface area (Å²) in [6.07, 6.45) is 6.57. The van der Waals surface area contributed by atoms with Crippen LogP contribution >= 0.6 is 27.3 Å². The van der Waals surface area contributed by atoms with Gasteiger partial charge in [0.1, 0.15) is 0 Å². The van der Waals surface area contributed by atoms with Crippen LogP contribution in [-0.2, 0) is 6.42 Å². The fourth-order valence-corrected chi connectivity index (χ4v) is 4.37. The number of rotatable bonds is 3. The summed E-state index contributed by atoms with van der Waals surface area (Å²) in [6.45, 7) is 5.90. The van der Waals surface area contributed by atoms with Crippen LogP contribution in [0, 0.1) is 5.92 Å². The van der Waals surface area contributed by atoms with Crippen molar-refractivity contribution < 1.29 is 0 Å². The molecule has 2 heterocycles. The Labute approximate surface area is 117 Å². The highest BCUT2D eigenvalue weighted by Crippen LogP contribution is 2.34. The molecule has 3 heteroatoms. The van der Waals surface area contributed by atoms with Crippen LogP contribution in [0.1, 0.15) is 44.4 Å². The van der Waals surface area contributed by atoms with E-state index in [0.717, 1.165) is 0 Å². The molecule has 1 atom stereocenters. The summed E-state index contributed by atoms with van der Waals surface area (Å²) in [5.74, 6) is 0.689. The molecule has 96 valence electrons. The second-order valence-electron chi connectivity index (χ2n) is 5.42. The summed E-state index contributed by atoms with van der Waals surface area (Å²) in [5.41, 5.74) is 0.309. The topological polar surface area (TPSA) is 12.0 Å². The van der Waals surface area contributed by atoms with Gasteiger partial charge in [-0.3, -0.25) is 0 Å². The fraction of sp³-hybridized carbons (Fsp3) is 0.714. The predicted molar refractivity (Wildman–Crippen MR) is 79.8 cm³/mol. The zero-order valence-electron chi connectivity index (χ0n) is 10.8. The van der Waals surface area contributed by atoms with Crippen molar-refractivity contribution >= 4 is 27.3 Å². The van der Waals surface area contributed by atoms with Crippen molar-refractivity contribution in [2.24, 2.45) is 5.92 Å². The molecule has 1 fully saturated rings. The standard InChI is InChI=1S/C14H22BrNS/c1-11(2)14(7-4-3-5-8-16-14)10-13-12(15)6-9-17-13/h6,9,11,16H,3-5,7-8,10H2,1-2H3. The maximum atomic E-state index is 3.85. The van der Waals surface area contributed by atoms with Crippen molar-refractivity contribution in [1.82, 2.24) is 5.32 Å². The molecule has 1 aromatic rings. The van der Waals surface area contributed by atoms with Gasteiger partial charge in [-0.15, -0.1) is 11.3 Å². The van der Waals surface area contributed by atoms with Crippen molar-refractivity contribution in [2.45, 2.75) is 51.5 Å². The average Bonchev–Trinajstić information content (AvgIpc) is 2.54. The van der Waals surface area contributed by atoms with Gasteiger partial charge in [-0.25, -0.2) is 0 Å². The van der Waals surface area contributed by atoms with Gasteiger partial charge in [0, 0.05) is 21.3 Å². The van der Waals surface area contributed by atoms with Gasteiger partial charge in [0.05, 0.1) is 0 Å². The lowest BCUT2D eigenvalue weighted by Gasteiger charge is -2.38. The van der Waals surface area contributed by atoms with E-state index in [9.17, 15) is 0 Å². The Balaban J connectivity index is 2.18. The lowest BCUT2D eigenvalue weighted by atomic mass is 9.79. The van der Waals surface area contributed by atoms with E-state index in [1.54, 1.807) is 0 Å². The Hall–Kier alpha value is 0.140. The Morgan fingerprint density at radius 1 is 1.41 bits per heavy atom. The van der Waals surface area contributed by atoms with Crippen molar-refractivity contribution in [2.75, 3.05) is 6.54 Å². The van der Waals surface area contributed by atoms with Crippen LogP contribution < -0.4 is 5.32 Å². The van der Waals surface area contributed by atoms with Crippen molar-refractivity contribution in [1.29, 1.82) is 0 Å². The molecule has 0 aromatic carbocycles. The molecule has 1 aliphatic heterocycles. The minimum Gasteiger partial charge on any atom is -0.311 e. The van der Waals surface area contributed by atoms with Gasteiger partial charge < -0.3 is 5.32 Å². The number of halogens is 1. The third-order valence-electron chi connectivity index (χ3n) is 4.05. The fourth-order valence-electron chi connectivity index (χ4n) is 2.75. The minimum absolute atomic E-state index is 0.309. The first-order valence-electron chi connectivity index (χ1n) is 6.61. The van der Waals surface area contributed by atoms with Gasteiger partial charge in [0.25, 0.3) is 0 Å². The summed E-state index contributed by atoms with van der Waals surface area (Å²) in [5, 5.41) is 6.03. The van der Waals surface area contributed by atoms with E-state index in [1.165, 1.54) is 48.0 Å². The first-order chi connectivity index (χ1) is 8.14. The molecule has 1 N–H and O–H groups in total. The van der Waals surface area contributed by atoms with Crippen molar-refractivity contribution in [3.05, 3.63) is 20.8 Å². The van der Waals surface area contributed by atoms with E-state index in [4.69, 9.17) is 0 Å². The number of hydrogen-bond donors (Lipinski definition) is 1. The van der Waals surface area contributed by atoms with E-state index < -0.39 is 0 Å². The number of nitrogens with one attached hydrogen (secondary N) is 1. The molecule has 0 amide bonds. The molecule has 1 saturated heterocycles. The Bertz CT molecular complexity index is 351. The summed E-state index contributed by atoms with van der Waals surface area (Å²) in [7, 11) is 0. The Kier molecular flexibility index (Phi) is 4.67. The quantitative estimate of drug-likeness (QED) is 0.858. The average molecular weight is 316 g/mol. The Morgan fingerprint density at radius 2 is 2.24 bits per heavy atom. The van der Waals surface area contributed by atoms with Gasteiger partial charge in [-0.05, 0) is 52.7 Å². The molecule has 2 rings (SSSR count). The largest absolute Gasteiger partial charge is 0.311 e. The van der Waals surface area contributed by atoms with Crippen LogP contribution in [0.3, 0.4) is 0 Å². The number of hydrogen-bond acceptors (Lipinski definition) is 2. The van der Waals surface area contributed by atoms with E-state index >= 15 is 0 Å². The first-order valence-corrected chi connectivity index (χ1v) is 8.28. The van der Waals surface area contributed by atoms with Gasteiger partial charge in [-0.1, -0.05) is 26.7 Å². The normalized spacial score (nSPS) is 26.1. The Morgan fingerprint density at radius 3 is 2.88 bits per heavy atom. The van der Waals surface area contributed by atoms with E-state index in [0.29, 0.717) is 11.5 Å². The van der Waals surface area contributed by atoms with Gasteiger partial charge in [0.15, 0.2) is 0 Å². The highest BCUT2D eigenvalue weighted by Gasteiger charge is 2.34. The minimum atomic E-state index is 0.309. The molecule has 0 aliphatic carbocycles. The van der Waals surface area contributed by atoms with Crippen LogP contribution in [0.25, 0.3) is 0 Å². The van der Waals surface area contributed by atoms with Crippen molar-refractivity contribution in [3.63, 3.8) is 0 Å². The molecule has 0 saturated carbocycles. The van der Waals surface area contributed by atoms with Crippen LogP contribution in [-0.4, -0.2) is 12.1 Å². The summed E-state index contributed by atoms with van der Waals surface area (Å²) >= 11 is 5.55. The number of thiophene rings is 1.